The van der Waals surface area contributed by atoms with Gasteiger partial charge in [0.15, 0.2) is 11.2 Å². The minimum absolute atomic E-state index is 0.0155. The lowest BCUT2D eigenvalue weighted by Gasteiger charge is -2.12. The van der Waals surface area contributed by atoms with Gasteiger partial charge >= 0.3 is 0 Å². The predicted octanol–water partition coefficient (Wildman–Crippen LogP) is 3.72. The Morgan fingerprint density at radius 3 is 2.79 bits per heavy atom. The highest BCUT2D eigenvalue weighted by atomic mass is 32.2. The average Bonchev–Trinajstić information content (AvgIpc) is 3.01. The van der Waals surface area contributed by atoms with E-state index >= 15 is 0 Å². The van der Waals surface area contributed by atoms with Gasteiger partial charge in [0.1, 0.15) is 0 Å². The van der Waals surface area contributed by atoms with Gasteiger partial charge in [-0.05, 0) is 31.0 Å². The van der Waals surface area contributed by atoms with Crippen molar-refractivity contribution in [1.82, 2.24) is 15.3 Å². The van der Waals surface area contributed by atoms with Gasteiger partial charge < -0.3 is 9.73 Å². The first-order valence-electron chi connectivity index (χ1n) is 7.87. The van der Waals surface area contributed by atoms with Crippen LogP contribution < -0.4 is 5.32 Å². The molecule has 0 saturated carbocycles. The first kappa shape index (κ1) is 16.5. The summed E-state index contributed by atoms with van der Waals surface area (Å²) < 4.78 is 5.64. The third-order valence-corrected chi connectivity index (χ3v) is 4.85. The second-order valence-electron chi connectivity index (χ2n) is 5.52. The average molecular weight is 341 g/mol. The van der Waals surface area contributed by atoms with E-state index in [9.17, 15) is 4.79 Å². The molecule has 0 fully saturated rings. The molecule has 1 unspecified atom stereocenters. The Morgan fingerprint density at radius 1 is 1.29 bits per heavy atom. The normalized spacial score (nSPS) is 12.2. The van der Waals surface area contributed by atoms with E-state index < -0.39 is 0 Å². The van der Waals surface area contributed by atoms with Crippen molar-refractivity contribution in [2.75, 3.05) is 0 Å². The van der Waals surface area contributed by atoms with Crippen LogP contribution in [0.1, 0.15) is 24.5 Å². The smallest absolute Gasteiger partial charge is 0.259 e. The van der Waals surface area contributed by atoms with Gasteiger partial charge in [0.25, 0.3) is 5.22 Å². The van der Waals surface area contributed by atoms with E-state index in [1.54, 1.807) is 12.3 Å². The van der Waals surface area contributed by atoms with Crippen LogP contribution in [0.4, 0.5) is 0 Å². The highest BCUT2D eigenvalue weighted by Gasteiger charge is 2.21. The van der Waals surface area contributed by atoms with E-state index in [0.717, 1.165) is 5.56 Å². The van der Waals surface area contributed by atoms with Crippen LogP contribution in [-0.4, -0.2) is 21.1 Å². The largest absolute Gasteiger partial charge is 0.430 e. The first-order chi connectivity index (χ1) is 11.7. The monoisotopic (exact) mass is 341 g/mol. The Morgan fingerprint density at radius 2 is 2.08 bits per heavy atom. The summed E-state index contributed by atoms with van der Waals surface area (Å²) in [6.07, 6.45) is 2.36. The fourth-order valence-electron chi connectivity index (χ4n) is 2.25. The van der Waals surface area contributed by atoms with Crippen LogP contribution in [-0.2, 0) is 11.3 Å². The number of amides is 1. The number of aromatic nitrogens is 2. The highest BCUT2D eigenvalue weighted by molar-refractivity contribution is 8.00. The molecule has 5 nitrogen and oxygen atoms in total. The van der Waals surface area contributed by atoms with Gasteiger partial charge in [-0.1, -0.05) is 48.5 Å². The number of nitrogens with one attached hydrogen (secondary N) is 1. The Hall–Kier alpha value is -2.34. The van der Waals surface area contributed by atoms with Crippen LogP contribution in [0.5, 0.6) is 0 Å². The minimum Gasteiger partial charge on any atom is -0.430 e. The van der Waals surface area contributed by atoms with Gasteiger partial charge in [0.05, 0.1) is 5.25 Å². The Kier molecular flexibility index (Phi) is 5.15. The highest BCUT2D eigenvalue weighted by Crippen LogP contribution is 2.27. The number of carbonyl (C=O) groups excluding carboxylic acids is 1. The number of aryl methyl sites for hydroxylation is 1. The van der Waals surface area contributed by atoms with E-state index in [4.69, 9.17) is 4.42 Å². The van der Waals surface area contributed by atoms with Gasteiger partial charge in [-0.15, -0.1) is 0 Å². The standard InChI is InChI=1S/C18H19N3O2S/c1-3-15(17(22)20-11-13-8-6-12(2)7-9-13)24-18-21-16-14(23-18)5-4-10-19-16/h4-10,15H,3,11H2,1-2H3,(H,20,22). The lowest BCUT2D eigenvalue weighted by molar-refractivity contribution is -0.120. The molecule has 2 aromatic heterocycles. The van der Waals surface area contributed by atoms with Crippen LogP contribution >= 0.6 is 11.8 Å². The third kappa shape index (κ3) is 3.94. The molecule has 1 aromatic carbocycles. The summed E-state index contributed by atoms with van der Waals surface area (Å²) in [5.41, 5.74) is 3.49. The summed E-state index contributed by atoms with van der Waals surface area (Å²) in [4.78, 5) is 20.9. The number of oxazole rings is 1. The van der Waals surface area contributed by atoms with E-state index in [1.807, 2.05) is 44.2 Å². The molecular formula is C18H19N3O2S. The van der Waals surface area contributed by atoms with Crippen molar-refractivity contribution in [3.05, 3.63) is 53.7 Å². The Bertz CT molecular complexity index is 797. The summed E-state index contributed by atoms with van der Waals surface area (Å²) in [6.45, 7) is 4.54. The molecule has 0 aliphatic carbocycles. The molecule has 1 atom stereocenters. The zero-order valence-electron chi connectivity index (χ0n) is 13.7. The van der Waals surface area contributed by atoms with E-state index in [1.165, 1.54) is 17.3 Å². The van der Waals surface area contributed by atoms with Crippen molar-refractivity contribution in [3.63, 3.8) is 0 Å². The summed E-state index contributed by atoms with van der Waals surface area (Å²) in [5.74, 6) is -0.0155. The molecular weight excluding hydrogens is 322 g/mol. The maximum Gasteiger partial charge on any atom is 0.259 e. The third-order valence-electron chi connectivity index (χ3n) is 3.64. The van der Waals surface area contributed by atoms with Crippen LogP contribution in [0.25, 0.3) is 11.2 Å². The molecule has 1 N–H and O–H groups in total. The number of rotatable bonds is 6. The second-order valence-corrected chi connectivity index (χ2v) is 6.68. The zero-order chi connectivity index (χ0) is 16.9. The molecule has 0 aliphatic rings. The SMILES string of the molecule is CCC(Sc1nc2ncccc2o1)C(=O)NCc1ccc(C)cc1. The van der Waals surface area contributed by atoms with Gasteiger partial charge in [-0.25, -0.2) is 4.98 Å². The van der Waals surface area contributed by atoms with Gasteiger partial charge in [0.2, 0.25) is 5.91 Å². The molecule has 0 bridgehead atoms. The molecule has 0 aliphatic heterocycles. The summed E-state index contributed by atoms with van der Waals surface area (Å²) >= 11 is 1.33. The maximum atomic E-state index is 12.4. The number of fused-ring (bicyclic) bond motifs is 1. The zero-order valence-corrected chi connectivity index (χ0v) is 14.5. The Balaban J connectivity index is 1.62. The van der Waals surface area contributed by atoms with Crippen molar-refractivity contribution in [1.29, 1.82) is 0 Å². The molecule has 0 spiro atoms. The predicted molar refractivity (Wildman–Crippen MR) is 94.8 cm³/mol. The molecule has 3 aromatic rings. The summed E-state index contributed by atoms with van der Waals surface area (Å²) in [7, 11) is 0. The van der Waals surface area contributed by atoms with Crippen LogP contribution in [0.3, 0.4) is 0 Å². The molecule has 24 heavy (non-hydrogen) atoms. The quantitative estimate of drug-likeness (QED) is 0.692. The number of thioether (sulfide) groups is 1. The maximum absolute atomic E-state index is 12.4. The van der Waals surface area contributed by atoms with E-state index in [2.05, 4.69) is 15.3 Å². The second kappa shape index (κ2) is 7.49. The molecule has 2 heterocycles. The first-order valence-corrected chi connectivity index (χ1v) is 8.75. The Labute approximate surface area is 144 Å². The minimum atomic E-state index is -0.247. The van der Waals surface area contributed by atoms with Crippen molar-refractivity contribution in [2.45, 2.75) is 37.3 Å². The van der Waals surface area contributed by atoms with Crippen molar-refractivity contribution >= 4 is 28.9 Å². The number of hydrogen-bond donors (Lipinski definition) is 1. The van der Waals surface area contributed by atoms with E-state index in [0.29, 0.717) is 29.4 Å². The van der Waals surface area contributed by atoms with Crippen molar-refractivity contribution in [2.24, 2.45) is 0 Å². The van der Waals surface area contributed by atoms with Gasteiger partial charge in [0, 0.05) is 12.7 Å². The van der Waals surface area contributed by atoms with E-state index in [-0.39, 0.29) is 11.2 Å². The number of hydrogen-bond acceptors (Lipinski definition) is 5. The number of nitrogens with zero attached hydrogens (tertiary/aromatic N) is 2. The lowest BCUT2D eigenvalue weighted by atomic mass is 10.1. The van der Waals surface area contributed by atoms with Crippen LogP contribution in [0.2, 0.25) is 0 Å². The summed E-state index contributed by atoms with van der Waals surface area (Å²) in [6, 6.07) is 11.7. The van der Waals surface area contributed by atoms with Crippen LogP contribution in [0.15, 0.2) is 52.2 Å². The van der Waals surface area contributed by atoms with Crippen molar-refractivity contribution < 1.29 is 9.21 Å². The fraction of sp³-hybridized carbons (Fsp3) is 0.278. The lowest BCUT2D eigenvalue weighted by Crippen LogP contribution is -2.31. The van der Waals surface area contributed by atoms with Gasteiger partial charge in [-0.2, -0.15) is 4.98 Å². The van der Waals surface area contributed by atoms with Crippen LogP contribution in [0, 0.1) is 6.92 Å². The number of pyridine rings is 1. The molecule has 1 amide bonds. The topological polar surface area (TPSA) is 68.0 Å². The fourth-order valence-corrected chi connectivity index (χ4v) is 3.13. The van der Waals surface area contributed by atoms with Crippen molar-refractivity contribution in [3.8, 4) is 0 Å². The molecule has 124 valence electrons. The molecule has 0 radical (unpaired) electrons. The summed E-state index contributed by atoms with van der Waals surface area (Å²) in [5, 5.41) is 3.21. The molecule has 3 rings (SSSR count). The number of carbonyl (C=O) groups is 1. The molecule has 6 heteroatoms. The van der Waals surface area contributed by atoms with Gasteiger partial charge in [-0.3, -0.25) is 4.79 Å². The number of benzene rings is 1. The molecule has 0 saturated heterocycles.